The molecule has 0 saturated heterocycles. The Balaban J connectivity index is 1.55. The van der Waals surface area contributed by atoms with Crippen LogP contribution in [0.3, 0.4) is 0 Å². The number of amides is 1. The van der Waals surface area contributed by atoms with Crippen molar-refractivity contribution in [3.63, 3.8) is 0 Å². The summed E-state index contributed by atoms with van der Waals surface area (Å²) in [5.74, 6) is 0.435. The van der Waals surface area contributed by atoms with Crippen LogP contribution in [-0.4, -0.2) is 46.8 Å². The Morgan fingerprint density at radius 1 is 1.09 bits per heavy atom. The summed E-state index contributed by atoms with van der Waals surface area (Å²) in [5.41, 5.74) is 3.71. The fourth-order valence-electron chi connectivity index (χ4n) is 3.31. The molecule has 1 heterocycles. The van der Waals surface area contributed by atoms with E-state index >= 15 is 0 Å². The summed E-state index contributed by atoms with van der Waals surface area (Å²) >= 11 is 1.11. The summed E-state index contributed by atoms with van der Waals surface area (Å²) in [6.45, 7) is 0. The van der Waals surface area contributed by atoms with Crippen LogP contribution >= 0.6 is 11.8 Å². The van der Waals surface area contributed by atoms with E-state index in [0.29, 0.717) is 38.8 Å². The minimum Gasteiger partial charge on any atom is -0.504 e. The van der Waals surface area contributed by atoms with Crippen LogP contribution in [0.15, 0.2) is 81.8 Å². The molecule has 0 saturated carbocycles. The highest BCUT2D eigenvalue weighted by atomic mass is 32.2. The fourth-order valence-corrected chi connectivity index (χ4v) is 4.12. The summed E-state index contributed by atoms with van der Waals surface area (Å²) < 4.78 is 11.7. The Morgan fingerprint density at radius 3 is 2.60 bits per heavy atom. The van der Waals surface area contributed by atoms with Crippen molar-refractivity contribution in [3.05, 3.63) is 82.6 Å². The van der Waals surface area contributed by atoms with Crippen molar-refractivity contribution in [1.82, 2.24) is 15.0 Å². The average molecular weight is 491 g/mol. The number of hydrogen-bond donors (Lipinski definition) is 2. The van der Waals surface area contributed by atoms with E-state index in [-0.39, 0.29) is 17.1 Å². The SMILES string of the molecule is COc1ccc(-n2c(SCC(=O)N/N=C/c3cccc(OC)c3O)nc3ccccc3c2=O)cc1. The molecule has 0 atom stereocenters. The number of hydrogen-bond acceptors (Lipinski definition) is 8. The highest BCUT2D eigenvalue weighted by Crippen LogP contribution is 2.28. The zero-order valence-corrected chi connectivity index (χ0v) is 19.8. The molecule has 10 heteroatoms. The number of fused-ring (bicyclic) bond motifs is 1. The molecule has 3 aromatic carbocycles. The molecule has 1 aromatic heterocycles. The number of hydrazone groups is 1. The van der Waals surface area contributed by atoms with Gasteiger partial charge in [0.15, 0.2) is 16.7 Å². The van der Waals surface area contributed by atoms with Crippen molar-refractivity contribution in [2.45, 2.75) is 5.16 Å². The molecule has 0 aliphatic rings. The van der Waals surface area contributed by atoms with Crippen LogP contribution in [0, 0.1) is 0 Å². The normalized spacial score (nSPS) is 11.0. The number of nitrogens with zero attached hydrogens (tertiary/aromatic N) is 3. The molecule has 178 valence electrons. The molecule has 0 spiro atoms. The van der Waals surface area contributed by atoms with Gasteiger partial charge in [-0.15, -0.1) is 0 Å². The number of methoxy groups -OCH3 is 2. The predicted molar refractivity (Wildman–Crippen MR) is 135 cm³/mol. The van der Waals surface area contributed by atoms with E-state index in [4.69, 9.17) is 9.47 Å². The maximum Gasteiger partial charge on any atom is 0.266 e. The lowest BCUT2D eigenvalue weighted by molar-refractivity contribution is -0.118. The van der Waals surface area contributed by atoms with Gasteiger partial charge >= 0.3 is 0 Å². The molecule has 2 N–H and O–H groups in total. The number of phenols is 1. The highest BCUT2D eigenvalue weighted by Gasteiger charge is 2.15. The minimum absolute atomic E-state index is 0.0393. The van der Waals surface area contributed by atoms with Crippen molar-refractivity contribution in [3.8, 4) is 22.9 Å². The van der Waals surface area contributed by atoms with Crippen LogP contribution < -0.4 is 20.5 Å². The molecule has 4 aromatic rings. The molecular weight excluding hydrogens is 468 g/mol. The lowest BCUT2D eigenvalue weighted by Crippen LogP contribution is -2.24. The lowest BCUT2D eigenvalue weighted by atomic mass is 10.2. The Bertz CT molecular complexity index is 1450. The second-order valence-corrected chi connectivity index (χ2v) is 8.17. The number of ether oxygens (including phenoxy) is 2. The summed E-state index contributed by atoms with van der Waals surface area (Å²) in [7, 11) is 3.01. The quantitative estimate of drug-likeness (QED) is 0.168. The van der Waals surface area contributed by atoms with Crippen LogP contribution in [-0.2, 0) is 4.79 Å². The molecule has 1 amide bonds. The van der Waals surface area contributed by atoms with Gasteiger partial charge in [-0.1, -0.05) is 30.0 Å². The Morgan fingerprint density at radius 2 is 1.86 bits per heavy atom. The highest BCUT2D eigenvalue weighted by molar-refractivity contribution is 7.99. The number of carbonyl (C=O) groups is 1. The van der Waals surface area contributed by atoms with Gasteiger partial charge < -0.3 is 14.6 Å². The summed E-state index contributed by atoms with van der Waals surface area (Å²) in [6.07, 6.45) is 1.32. The Labute approximate surface area is 205 Å². The van der Waals surface area contributed by atoms with Gasteiger partial charge in [-0.25, -0.2) is 10.4 Å². The number of aromatic nitrogens is 2. The van der Waals surface area contributed by atoms with Gasteiger partial charge in [0.2, 0.25) is 0 Å². The molecule has 0 aliphatic heterocycles. The third-order valence-corrected chi connectivity index (χ3v) is 5.99. The Kier molecular flexibility index (Phi) is 7.32. The number of carbonyl (C=O) groups excluding carboxylic acids is 1. The zero-order chi connectivity index (χ0) is 24.8. The van der Waals surface area contributed by atoms with E-state index in [2.05, 4.69) is 15.5 Å². The van der Waals surface area contributed by atoms with Gasteiger partial charge in [0.1, 0.15) is 5.75 Å². The second kappa shape index (κ2) is 10.7. The number of thioether (sulfide) groups is 1. The fraction of sp³-hybridized carbons (Fsp3) is 0.120. The topological polar surface area (TPSA) is 115 Å². The third kappa shape index (κ3) is 5.28. The first-order valence-corrected chi connectivity index (χ1v) is 11.5. The van der Waals surface area contributed by atoms with E-state index in [9.17, 15) is 14.7 Å². The molecule has 0 fully saturated rings. The third-order valence-electron chi connectivity index (χ3n) is 5.05. The van der Waals surface area contributed by atoms with Crippen LogP contribution in [0.2, 0.25) is 0 Å². The standard InChI is InChI=1S/C25H22N4O5S/c1-33-18-12-10-17(11-13-18)29-24(32)19-7-3-4-8-20(19)27-25(29)35-15-22(30)28-26-14-16-6-5-9-21(34-2)23(16)31/h3-14,31H,15H2,1-2H3,(H,28,30)/b26-14+. The Hall–Kier alpha value is -4.31. The van der Waals surface area contributed by atoms with Crippen LogP contribution in [0.1, 0.15) is 5.56 Å². The molecule has 9 nitrogen and oxygen atoms in total. The number of phenolic OH excluding ortho intramolecular Hbond substituents is 1. The average Bonchev–Trinajstić information content (AvgIpc) is 2.89. The molecule has 35 heavy (non-hydrogen) atoms. The van der Waals surface area contributed by atoms with Crippen LogP contribution in [0.4, 0.5) is 0 Å². The second-order valence-electron chi connectivity index (χ2n) is 7.23. The molecule has 0 aliphatic carbocycles. The van der Waals surface area contributed by atoms with Crippen molar-refractivity contribution in [2.75, 3.05) is 20.0 Å². The van der Waals surface area contributed by atoms with Gasteiger partial charge in [0.05, 0.1) is 42.8 Å². The van der Waals surface area contributed by atoms with Crippen molar-refractivity contribution >= 4 is 34.8 Å². The number of benzene rings is 3. The lowest BCUT2D eigenvalue weighted by Gasteiger charge is -2.13. The first-order chi connectivity index (χ1) is 17.0. The molecular formula is C25H22N4O5S. The minimum atomic E-state index is -0.405. The van der Waals surface area contributed by atoms with Gasteiger partial charge in [0.25, 0.3) is 11.5 Å². The van der Waals surface area contributed by atoms with Crippen LogP contribution in [0.25, 0.3) is 16.6 Å². The maximum atomic E-state index is 13.3. The first kappa shape index (κ1) is 23.8. The summed E-state index contributed by atoms with van der Waals surface area (Å²) in [5, 5.41) is 14.8. The molecule has 0 bridgehead atoms. The van der Waals surface area contributed by atoms with E-state index in [1.165, 1.54) is 17.9 Å². The number of aromatic hydroxyl groups is 1. The first-order valence-electron chi connectivity index (χ1n) is 10.5. The van der Waals surface area contributed by atoms with Gasteiger partial charge in [-0.2, -0.15) is 5.10 Å². The molecule has 4 rings (SSSR count). The number of rotatable bonds is 8. The van der Waals surface area contributed by atoms with Crippen molar-refractivity contribution < 1.29 is 19.4 Å². The van der Waals surface area contributed by atoms with Crippen molar-refractivity contribution in [2.24, 2.45) is 5.10 Å². The number of para-hydroxylation sites is 2. The molecule has 0 radical (unpaired) electrons. The smallest absolute Gasteiger partial charge is 0.266 e. The van der Waals surface area contributed by atoms with E-state index in [1.54, 1.807) is 73.8 Å². The van der Waals surface area contributed by atoms with Gasteiger partial charge in [-0.05, 0) is 48.5 Å². The largest absolute Gasteiger partial charge is 0.504 e. The van der Waals surface area contributed by atoms with Gasteiger partial charge in [-0.3, -0.25) is 14.2 Å². The predicted octanol–water partition coefficient (Wildman–Crippen LogP) is 3.35. The zero-order valence-electron chi connectivity index (χ0n) is 19.0. The van der Waals surface area contributed by atoms with Crippen molar-refractivity contribution in [1.29, 1.82) is 0 Å². The molecule has 0 unspecified atom stereocenters. The summed E-state index contributed by atoms with van der Waals surface area (Å²) in [4.78, 5) is 30.3. The summed E-state index contributed by atoms with van der Waals surface area (Å²) in [6, 6.07) is 19.0. The monoisotopic (exact) mass is 490 g/mol. The van der Waals surface area contributed by atoms with Gasteiger partial charge in [0, 0.05) is 5.56 Å². The maximum absolute atomic E-state index is 13.3. The number of nitrogens with one attached hydrogen (secondary N) is 1. The van der Waals surface area contributed by atoms with E-state index < -0.39 is 5.91 Å². The van der Waals surface area contributed by atoms with E-state index in [0.717, 1.165) is 11.8 Å². The van der Waals surface area contributed by atoms with E-state index in [1.807, 2.05) is 0 Å². The van der Waals surface area contributed by atoms with Crippen LogP contribution in [0.5, 0.6) is 17.2 Å².